The molecule has 1 aliphatic heterocycles. The molecule has 1 aromatic carbocycles. The number of hydrogen-bond acceptors (Lipinski definition) is 4. The van der Waals surface area contributed by atoms with Gasteiger partial charge in [0.1, 0.15) is 11.3 Å². The smallest absolute Gasteiger partial charge is 0.145 e. The quantitative estimate of drug-likeness (QED) is 0.846. The number of aromatic nitrogens is 1. The minimum absolute atomic E-state index is 0.657. The lowest BCUT2D eigenvalue weighted by atomic mass is 10.1. The van der Waals surface area contributed by atoms with Gasteiger partial charge in [-0.05, 0) is 31.0 Å². The molecule has 3 rings (SSSR count). The minimum Gasteiger partial charge on any atom is -0.494 e. The number of benzene rings is 1. The van der Waals surface area contributed by atoms with Crippen LogP contribution in [0.3, 0.4) is 0 Å². The number of fused-ring (bicyclic) bond motifs is 1. The lowest BCUT2D eigenvalue weighted by Crippen LogP contribution is -2.21. The summed E-state index contributed by atoms with van der Waals surface area (Å²) in [6.45, 7) is 3.98. The van der Waals surface area contributed by atoms with E-state index in [2.05, 4.69) is 23.1 Å². The zero-order valence-electron chi connectivity index (χ0n) is 12.7. The van der Waals surface area contributed by atoms with Crippen LogP contribution >= 0.6 is 0 Å². The molecule has 1 aliphatic rings. The second-order valence-corrected chi connectivity index (χ2v) is 5.68. The molecule has 1 fully saturated rings. The molecule has 1 saturated heterocycles. The van der Waals surface area contributed by atoms with Gasteiger partial charge in [-0.3, -0.25) is 4.90 Å². The van der Waals surface area contributed by atoms with Gasteiger partial charge in [-0.15, -0.1) is 0 Å². The van der Waals surface area contributed by atoms with Gasteiger partial charge in [0.05, 0.1) is 19.4 Å². The Bertz CT molecular complexity index is 615. The van der Waals surface area contributed by atoms with Crippen LogP contribution in [0.25, 0.3) is 10.9 Å². The Labute approximate surface area is 125 Å². The lowest BCUT2D eigenvalue weighted by molar-refractivity contribution is 0.152. The van der Waals surface area contributed by atoms with Crippen molar-refractivity contribution in [3.63, 3.8) is 0 Å². The Hall–Kier alpha value is -1.65. The Balaban J connectivity index is 1.76. The monoisotopic (exact) mass is 286 g/mol. The topological polar surface area (TPSA) is 34.6 Å². The highest BCUT2D eigenvalue weighted by Gasteiger charge is 2.22. The summed E-state index contributed by atoms with van der Waals surface area (Å²) < 4.78 is 10.7. The Morgan fingerprint density at radius 1 is 1.24 bits per heavy atom. The summed E-state index contributed by atoms with van der Waals surface area (Å²) >= 11 is 0. The number of rotatable bonds is 5. The summed E-state index contributed by atoms with van der Waals surface area (Å²) in [5.41, 5.74) is 2.05. The third kappa shape index (κ3) is 3.17. The summed E-state index contributed by atoms with van der Waals surface area (Å²) in [7, 11) is 3.47. The average molecular weight is 286 g/mol. The number of hydrogen-bond donors (Lipinski definition) is 0. The van der Waals surface area contributed by atoms with Crippen LogP contribution in [0.1, 0.15) is 12.1 Å². The molecule has 0 radical (unpaired) electrons. The first kappa shape index (κ1) is 14.3. The summed E-state index contributed by atoms with van der Waals surface area (Å²) in [6.07, 6.45) is 1.21. The van der Waals surface area contributed by atoms with E-state index in [1.165, 1.54) is 6.42 Å². The first-order valence-electron chi connectivity index (χ1n) is 7.44. The molecule has 0 amide bonds. The second kappa shape index (κ2) is 6.41. The molecule has 0 spiro atoms. The predicted octanol–water partition coefficient (Wildman–Crippen LogP) is 2.71. The van der Waals surface area contributed by atoms with Crippen LogP contribution in [-0.2, 0) is 11.3 Å². The molecular weight excluding hydrogens is 264 g/mol. The fourth-order valence-electron chi connectivity index (χ4n) is 3.07. The highest BCUT2D eigenvalue weighted by atomic mass is 16.5. The van der Waals surface area contributed by atoms with E-state index in [1.807, 2.05) is 12.1 Å². The van der Waals surface area contributed by atoms with Crippen LogP contribution in [0.15, 0.2) is 30.3 Å². The van der Waals surface area contributed by atoms with Crippen molar-refractivity contribution in [2.24, 2.45) is 5.92 Å². The van der Waals surface area contributed by atoms with Crippen molar-refractivity contribution in [2.75, 3.05) is 33.9 Å². The van der Waals surface area contributed by atoms with Crippen LogP contribution in [0.2, 0.25) is 0 Å². The molecule has 0 aliphatic carbocycles. The highest BCUT2D eigenvalue weighted by Crippen LogP contribution is 2.25. The Morgan fingerprint density at radius 3 is 2.95 bits per heavy atom. The first-order chi connectivity index (χ1) is 10.3. The van der Waals surface area contributed by atoms with Crippen LogP contribution in [-0.4, -0.2) is 43.8 Å². The summed E-state index contributed by atoms with van der Waals surface area (Å²) in [4.78, 5) is 7.23. The predicted molar refractivity (Wildman–Crippen MR) is 83.6 cm³/mol. The maximum absolute atomic E-state index is 5.41. The number of para-hydroxylation sites is 1. The van der Waals surface area contributed by atoms with Gasteiger partial charge in [-0.1, -0.05) is 18.2 Å². The number of ether oxygens (including phenoxy) is 2. The highest BCUT2D eigenvalue weighted by molar-refractivity contribution is 5.84. The molecule has 21 heavy (non-hydrogen) atoms. The first-order valence-corrected chi connectivity index (χ1v) is 7.44. The maximum atomic E-state index is 5.41. The summed E-state index contributed by atoms with van der Waals surface area (Å²) in [5, 5.41) is 1.12. The molecular formula is C17H22N2O2. The lowest BCUT2D eigenvalue weighted by Gasteiger charge is -2.16. The van der Waals surface area contributed by atoms with Gasteiger partial charge in [0.2, 0.25) is 0 Å². The van der Waals surface area contributed by atoms with Crippen molar-refractivity contribution in [2.45, 2.75) is 13.0 Å². The number of methoxy groups -OCH3 is 2. The van der Waals surface area contributed by atoms with Crippen LogP contribution in [0.5, 0.6) is 5.75 Å². The zero-order chi connectivity index (χ0) is 14.7. The molecule has 0 N–H and O–H groups in total. The largest absolute Gasteiger partial charge is 0.494 e. The average Bonchev–Trinajstić information content (AvgIpc) is 2.94. The van der Waals surface area contributed by atoms with E-state index in [-0.39, 0.29) is 0 Å². The molecule has 112 valence electrons. The second-order valence-electron chi connectivity index (χ2n) is 5.68. The molecule has 4 heteroatoms. The SMILES string of the molecule is COC[C@@H]1CCN(Cc2ccc3cccc(OC)c3n2)C1. The van der Waals surface area contributed by atoms with Gasteiger partial charge >= 0.3 is 0 Å². The van der Waals surface area contributed by atoms with E-state index in [4.69, 9.17) is 14.5 Å². The normalized spacial score (nSPS) is 19.2. The van der Waals surface area contributed by atoms with Gasteiger partial charge in [0, 0.05) is 25.6 Å². The fraction of sp³-hybridized carbons (Fsp3) is 0.471. The van der Waals surface area contributed by atoms with Gasteiger partial charge in [0.15, 0.2) is 0 Å². The molecule has 2 aromatic rings. The van der Waals surface area contributed by atoms with Crippen LogP contribution < -0.4 is 4.74 Å². The van der Waals surface area contributed by atoms with E-state index in [0.29, 0.717) is 5.92 Å². The summed E-state index contributed by atoms with van der Waals surface area (Å²) in [5.74, 6) is 1.50. The number of pyridine rings is 1. The van der Waals surface area contributed by atoms with E-state index in [9.17, 15) is 0 Å². The minimum atomic E-state index is 0.657. The van der Waals surface area contributed by atoms with Crippen molar-refractivity contribution in [1.82, 2.24) is 9.88 Å². The van der Waals surface area contributed by atoms with Gasteiger partial charge in [0.25, 0.3) is 0 Å². The Kier molecular flexibility index (Phi) is 4.36. The van der Waals surface area contributed by atoms with Gasteiger partial charge < -0.3 is 9.47 Å². The van der Waals surface area contributed by atoms with Crippen molar-refractivity contribution < 1.29 is 9.47 Å². The van der Waals surface area contributed by atoms with Crippen molar-refractivity contribution in [3.05, 3.63) is 36.0 Å². The van der Waals surface area contributed by atoms with E-state index >= 15 is 0 Å². The molecule has 4 nitrogen and oxygen atoms in total. The molecule has 0 bridgehead atoms. The molecule has 1 aromatic heterocycles. The van der Waals surface area contributed by atoms with Gasteiger partial charge in [-0.2, -0.15) is 0 Å². The fourth-order valence-corrected chi connectivity index (χ4v) is 3.07. The van der Waals surface area contributed by atoms with Crippen LogP contribution in [0, 0.1) is 5.92 Å². The number of likely N-dealkylation sites (tertiary alicyclic amines) is 1. The van der Waals surface area contributed by atoms with E-state index in [0.717, 1.165) is 48.6 Å². The zero-order valence-corrected chi connectivity index (χ0v) is 12.7. The van der Waals surface area contributed by atoms with Crippen molar-refractivity contribution >= 4 is 10.9 Å². The maximum Gasteiger partial charge on any atom is 0.145 e. The summed E-state index contributed by atoms with van der Waals surface area (Å²) in [6, 6.07) is 10.3. The molecule has 0 saturated carbocycles. The third-order valence-corrected chi connectivity index (χ3v) is 4.12. The standard InChI is InChI=1S/C17H22N2O2/c1-20-12-13-8-9-19(10-13)11-15-7-6-14-4-3-5-16(21-2)17(14)18-15/h3-7,13H,8-12H2,1-2H3/t13-/m1/s1. The van der Waals surface area contributed by atoms with Crippen LogP contribution in [0.4, 0.5) is 0 Å². The van der Waals surface area contributed by atoms with Crippen molar-refractivity contribution in [3.8, 4) is 5.75 Å². The third-order valence-electron chi connectivity index (χ3n) is 4.12. The van der Waals surface area contributed by atoms with Gasteiger partial charge in [-0.25, -0.2) is 4.98 Å². The van der Waals surface area contributed by atoms with E-state index in [1.54, 1.807) is 14.2 Å². The molecule has 1 atom stereocenters. The molecule has 0 unspecified atom stereocenters. The van der Waals surface area contributed by atoms with Crippen molar-refractivity contribution in [1.29, 1.82) is 0 Å². The Morgan fingerprint density at radius 2 is 2.14 bits per heavy atom. The molecule has 2 heterocycles. The number of nitrogens with zero attached hydrogens (tertiary/aromatic N) is 2. The van der Waals surface area contributed by atoms with E-state index < -0.39 is 0 Å².